The summed E-state index contributed by atoms with van der Waals surface area (Å²) in [6.45, 7) is 4.31. The van der Waals surface area contributed by atoms with Crippen molar-refractivity contribution in [1.82, 2.24) is 14.3 Å². The lowest BCUT2D eigenvalue weighted by Gasteiger charge is -2.10. The molecule has 0 aliphatic carbocycles. The van der Waals surface area contributed by atoms with E-state index in [-0.39, 0.29) is 5.56 Å². The predicted octanol–water partition coefficient (Wildman–Crippen LogP) is 2.82. The topological polar surface area (TPSA) is 72.8 Å². The Hall–Kier alpha value is -3.33. The normalized spacial score (nSPS) is 10.5. The van der Waals surface area contributed by atoms with E-state index in [1.807, 2.05) is 26.1 Å². The molecule has 0 saturated carbocycles. The zero-order valence-corrected chi connectivity index (χ0v) is 14.4. The summed E-state index contributed by atoms with van der Waals surface area (Å²) in [6, 6.07) is 9.11. The molecule has 3 aromatic rings. The zero-order valence-electron chi connectivity index (χ0n) is 14.4. The first kappa shape index (κ1) is 16.5. The minimum Gasteiger partial charge on any atom is -0.493 e. The Balaban J connectivity index is 2.10. The number of ether oxygens (including phenoxy) is 1. The van der Waals surface area contributed by atoms with E-state index in [9.17, 15) is 4.79 Å². The van der Waals surface area contributed by atoms with Crippen molar-refractivity contribution in [1.29, 1.82) is 5.26 Å². The first-order valence-electron chi connectivity index (χ1n) is 7.93. The van der Waals surface area contributed by atoms with Crippen LogP contribution in [-0.4, -0.2) is 21.0 Å². The van der Waals surface area contributed by atoms with E-state index in [2.05, 4.69) is 11.2 Å². The summed E-state index contributed by atoms with van der Waals surface area (Å²) < 4.78 is 8.85. The molecule has 2 heterocycles. The summed E-state index contributed by atoms with van der Waals surface area (Å²) in [5, 5.41) is 13.5. The summed E-state index contributed by atoms with van der Waals surface area (Å²) in [5.41, 5.74) is 3.93. The van der Waals surface area contributed by atoms with E-state index in [1.54, 1.807) is 36.3 Å². The number of rotatable bonds is 4. The van der Waals surface area contributed by atoms with Gasteiger partial charge >= 0.3 is 0 Å². The van der Waals surface area contributed by atoms with Gasteiger partial charge in [0, 0.05) is 36.6 Å². The van der Waals surface area contributed by atoms with Crippen molar-refractivity contribution in [3.8, 4) is 28.6 Å². The molecule has 0 spiro atoms. The van der Waals surface area contributed by atoms with Gasteiger partial charge in [-0.15, -0.1) is 0 Å². The SMILES string of the molecule is CCOc1cc(=O)n(C)cc1-c1cnn(-c2cc(C#N)ccc2C)c1. The van der Waals surface area contributed by atoms with Gasteiger partial charge in [-0.3, -0.25) is 4.79 Å². The molecule has 2 aromatic heterocycles. The third kappa shape index (κ3) is 3.17. The smallest absolute Gasteiger partial charge is 0.254 e. The predicted molar refractivity (Wildman–Crippen MR) is 94.9 cm³/mol. The molecule has 6 nitrogen and oxygen atoms in total. The standard InChI is InChI=1S/C19H18N4O2/c1-4-25-18-8-19(24)22(3)12-16(18)15-10-21-23(11-15)17-7-14(9-20)6-5-13(17)2/h5-8,10-12H,4H2,1-3H3. The van der Waals surface area contributed by atoms with Gasteiger partial charge in [0.25, 0.3) is 5.56 Å². The number of nitrogens with zero attached hydrogens (tertiary/aromatic N) is 4. The molecular weight excluding hydrogens is 316 g/mol. The average molecular weight is 334 g/mol. The van der Waals surface area contributed by atoms with Crippen LogP contribution >= 0.6 is 0 Å². The Morgan fingerprint density at radius 2 is 2.08 bits per heavy atom. The van der Waals surface area contributed by atoms with Crippen LogP contribution < -0.4 is 10.3 Å². The number of benzene rings is 1. The molecule has 0 aliphatic rings. The lowest BCUT2D eigenvalue weighted by molar-refractivity contribution is 0.340. The molecule has 0 bridgehead atoms. The van der Waals surface area contributed by atoms with Crippen LogP contribution in [0, 0.1) is 18.3 Å². The zero-order chi connectivity index (χ0) is 18.0. The minimum absolute atomic E-state index is 0.128. The van der Waals surface area contributed by atoms with Crippen LogP contribution in [0.5, 0.6) is 5.75 Å². The van der Waals surface area contributed by atoms with Gasteiger partial charge in [-0.25, -0.2) is 4.68 Å². The summed E-state index contributed by atoms with van der Waals surface area (Å²) >= 11 is 0. The molecule has 0 fully saturated rings. The number of aromatic nitrogens is 3. The Labute approximate surface area is 145 Å². The second kappa shape index (κ2) is 6.65. The molecule has 6 heteroatoms. The highest BCUT2D eigenvalue weighted by Crippen LogP contribution is 2.29. The van der Waals surface area contributed by atoms with E-state index in [1.165, 1.54) is 10.6 Å². The van der Waals surface area contributed by atoms with Crippen LogP contribution in [-0.2, 0) is 7.05 Å². The van der Waals surface area contributed by atoms with Gasteiger partial charge in [-0.1, -0.05) is 6.07 Å². The summed E-state index contributed by atoms with van der Waals surface area (Å²) in [6.07, 6.45) is 5.33. The van der Waals surface area contributed by atoms with E-state index in [4.69, 9.17) is 10.00 Å². The van der Waals surface area contributed by atoms with Crippen molar-refractivity contribution < 1.29 is 4.74 Å². The lowest BCUT2D eigenvalue weighted by Crippen LogP contribution is -2.15. The van der Waals surface area contributed by atoms with Crippen molar-refractivity contribution in [3.63, 3.8) is 0 Å². The first-order valence-corrected chi connectivity index (χ1v) is 7.93. The lowest BCUT2D eigenvalue weighted by atomic mass is 10.1. The maximum Gasteiger partial charge on any atom is 0.254 e. The number of hydrogen-bond acceptors (Lipinski definition) is 4. The maximum absolute atomic E-state index is 11.9. The fraction of sp³-hybridized carbons (Fsp3) is 0.211. The Morgan fingerprint density at radius 1 is 1.28 bits per heavy atom. The minimum atomic E-state index is -0.128. The van der Waals surface area contributed by atoms with Crippen LogP contribution in [0.3, 0.4) is 0 Å². The van der Waals surface area contributed by atoms with Crippen molar-refractivity contribution >= 4 is 0 Å². The number of hydrogen-bond donors (Lipinski definition) is 0. The fourth-order valence-corrected chi connectivity index (χ4v) is 2.62. The van der Waals surface area contributed by atoms with Gasteiger partial charge in [0.15, 0.2) is 0 Å². The molecule has 0 atom stereocenters. The largest absolute Gasteiger partial charge is 0.493 e. The van der Waals surface area contributed by atoms with Crippen molar-refractivity contribution in [2.45, 2.75) is 13.8 Å². The van der Waals surface area contributed by atoms with Gasteiger partial charge in [0.1, 0.15) is 5.75 Å². The molecule has 0 radical (unpaired) electrons. The van der Waals surface area contributed by atoms with E-state index >= 15 is 0 Å². The number of aryl methyl sites for hydroxylation is 2. The quantitative estimate of drug-likeness (QED) is 0.735. The van der Waals surface area contributed by atoms with Crippen LogP contribution in [0.1, 0.15) is 18.1 Å². The molecule has 3 rings (SSSR count). The van der Waals surface area contributed by atoms with E-state index in [0.717, 1.165) is 22.4 Å². The van der Waals surface area contributed by atoms with Crippen molar-refractivity contribution in [3.05, 3.63) is 64.3 Å². The molecule has 0 aliphatic heterocycles. The number of pyridine rings is 1. The van der Waals surface area contributed by atoms with Gasteiger partial charge < -0.3 is 9.30 Å². The van der Waals surface area contributed by atoms with Crippen LogP contribution in [0.25, 0.3) is 16.8 Å². The Bertz CT molecular complexity index is 1020. The molecule has 0 N–H and O–H groups in total. The maximum atomic E-state index is 11.9. The Kier molecular flexibility index (Phi) is 4.40. The molecule has 25 heavy (non-hydrogen) atoms. The molecule has 0 amide bonds. The highest BCUT2D eigenvalue weighted by molar-refractivity contribution is 5.68. The van der Waals surface area contributed by atoms with E-state index in [0.29, 0.717) is 17.9 Å². The first-order chi connectivity index (χ1) is 12.0. The second-order valence-corrected chi connectivity index (χ2v) is 5.72. The monoisotopic (exact) mass is 334 g/mol. The number of nitriles is 1. The van der Waals surface area contributed by atoms with Crippen LogP contribution in [0.4, 0.5) is 0 Å². The molecular formula is C19H18N4O2. The average Bonchev–Trinajstić information content (AvgIpc) is 3.08. The molecule has 0 unspecified atom stereocenters. The van der Waals surface area contributed by atoms with Gasteiger partial charge in [-0.2, -0.15) is 10.4 Å². The van der Waals surface area contributed by atoms with Gasteiger partial charge in [0.2, 0.25) is 0 Å². The highest BCUT2D eigenvalue weighted by Gasteiger charge is 2.12. The van der Waals surface area contributed by atoms with Crippen LogP contribution in [0.15, 0.2) is 47.7 Å². The summed E-state index contributed by atoms with van der Waals surface area (Å²) in [7, 11) is 1.70. The van der Waals surface area contributed by atoms with Crippen molar-refractivity contribution in [2.75, 3.05) is 6.61 Å². The third-order valence-corrected chi connectivity index (χ3v) is 3.97. The summed E-state index contributed by atoms with van der Waals surface area (Å²) in [4.78, 5) is 11.9. The third-order valence-electron chi connectivity index (χ3n) is 3.97. The molecule has 0 saturated heterocycles. The van der Waals surface area contributed by atoms with Crippen molar-refractivity contribution in [2.24, 2.45) is 7.05 Å². The Morgan fingerprint density at radius 3 is 2.80 bits per heavy atom. The van der Waals surface area contributed by atoms with Gasteiger partial charge in [-0.05, 0) is 31.5 Å². The van der Waals surface area contributed by atoms with Crippen LogP contribution in [0.2, 0.25) is 0 Å². The molecule has 1 aromatic carbocycles. The molecule has 126 valence electrons. The fourth-order valence-electron chi connectivity index (χ4n) is 2.62. The van der Waals surface area contributed by atoms with Gasteiger partial charge in [0.05, 0.1) is 30.1 Å². The van der Waals surface area contributed by atoms with E-state index < -0.39 is 0 Å². The highest BCUT2D eigenvalue weighted by atomic mass is 16.5. The summed E-state index contributed by atoms with van der Waals surface area (Å²) in [5.74, 6) is 0.535. The second-order valence-electron chi connectivity index (χ2n) is 5.72.